The molecule has 0 aromatic rings. The summed E-state index contributed by atoms with van der Waals surface area (Å²) < 4.78 is 0. The Balaban J connectivity index is -0.000000249. The first-order valence-corrected chi connectivity index (χ1v) is 7.38. The average molecular weight is 268 g/mol. The van der Waals surface area contributed by atoms with E-state index in [0.717, 1.165) is 13.0 Å². The predicted molar refractivity (Wildman–Crippen MR) is 92.7 cm³/mol. The summed E-state index contributed by atoms with van der Waals surface area (Å²) in [5.74, 6) is 0.663. The highest BCUT2D eigenvalue weighted by atomic mass is 15.0. The number of hydrogen-bond donors (Lipinski definition) is 0. The van der Waals surface area contributed by atoms with Crippen LogP contribution in [0, 0.1) is 5.92 Å². The molecule has 0 N–H and O–H groups in total. The van der Waals surface area contributed by atoms with Crippen LogP contribution in [-0.2, 0) is 0 Å². The minimum absolute atomic E-state index is 0.663. The van der Waals surface area contributed by atoms with Gasteiger partial charge in [0.15, 0.2) is 0 Å². The summed E-state index contributed by atoms with van der Waals surface area (Å²) in [5.41, 5.74) is 2.74. The number of allylic oxidation sites excluding steroid dienone is 4. The lowest BCUT2D eigenvalue weighted by atomic mass is 10.1. The standard InChI is InChI=1S/C10H18.C6H13N.C2H6/c1-8(2)6-10(5)7-9(3)4;1-4-5-6-7(2)3;1-2/h6-8H,1-5H3;4H,1,5-6H2,2-3H3;1-2H3/b10-6-;;. The Morgan fingerprint density at radius 2 is 1.58 bits per heavy atom. The van der Waals surface area contributed by atoms with Crippen LogP contribution in [0.3, 0.4) is 0 Å². The molecule has 1 heteroatoms. The predicted octanol–water partition coefficient (Wildman–Crippen LogP) is 5.71. The third kappa shape index (κ3) is 31.7. The molecule has 0 rings (SSSR count). The topological polar surface area (TPSA) is 3.24 Å². The van der Waals surface area contributed by atoms with Gasteiger partial charge in [0.2, 0.25) is 0 Å². The van der Waals surface area contributed by atoms with Crippen molar-refractivity contribution in [1.82, 2.24) is 4.90 Å². The van der Waals surface area contributed by atoms with Crippen molar-refractivity contribution in [3.63, 3.8) is 0 Å². The maximum absolute atomic E-state index is 3.61. The van der Waals surface area contributed by atoms with Crippen LogP contribution in [0.15, 0.2) is 36.0 Å². The summed E-state index contributed by atoms with van der Waals surface area (Å²) in [5, 5.41) is 0. The molecule has 0 amide bonds. The molecular formula is C18H37N. The van der Waals surface area contributed by atoms with E-state index >= 15 is 0 Å². The summed E-state index contributed by atoms with van der Waals surface area (Å²) in [6.45, 7) is 19.5. The summed E-state index contributed by atoms with van der Waals surface area (Å²) in [6, 6.07) is 0. The largest absolute Gasteiger partial charge is 0.309 e. The molecule has 0 bridgehead atoms. The summed E-state index contributed by atoms with van der Waals surface area (Å²) in [7, 11) is 4.12. The van der Waals surface area contributed by atoms with Gasteiger partial charge in [-0.2, -0.15) is 0 Å². The van der Waals surface area contributed by atoms with Crippen molar-refractivity contribution in [3.8, 4) is 0 Å². The molecule has 0 aliphatic rings. The van der Waals surface area contributed by atoms with Crippen molar-refractivity contribution in [2.45, 2.75) is 54.9 Å². The van der Waals surface area contributed by atoms with Crippen LogP contribution in [0.5, 0.6) is 0 Å². The van der Waals surface area contributed by atoms with Crippen molar-refractivity contribution in [3.05, 3.63) is 36.0 Å². The van der Waals surface area contributed by atoms with E-state index in [4.69, 9.17) is 0 Å². The minimum atomic E-state index is 0.663. The van der Waals surface area contributed by atoms with E-state index in [2.05, 4.69) is 72.3 Å². The molecule has 0 aromatic carbocycles. The SMILES string of the molecule is C=CCCN(C)C.CC.CC(C)=C/C(C)=C\C(C)C. The first-order chi connectivity index (χ1) is 8.79. The molecule has 0 aromatic heterocycles. The van der Waals surface area contributed by atoms with Gasteiger partial charge >= 0.3 is 0 Å². The monoisotopic (exact) mass is 267 g/mol. The van der Waals surface area contributed by atoms with Crippen LogP contribution < -0.4 is 0 Å². The van der Waals surface area contributed by atoms with Crippen LogP contribution in [0.25, 0.3) is 0 Å². The number of hydrogen-bond acceptors (Lipinski definition) is 1. The lowest BCUT2D eigenvalue weighted by Crippen LogP contribution is -2.11. The van der Waals surface area contributed by atoms with Gasteiger partial charge in [0.05, 0.1) is 0 Å². The molecule has 0 unspecified atom stereocenters. The van der Waals surface area contributed by atoms with Crippen molar-refractivity contribution in [1.29, 1.82) is 0 Å². The number of rotatable bonds is 5. The van der Waals surface area contributed by atoms with Gasteiger partial charge in [-0.1, -0.05) is 57.1 Å². The molecule has 0 radical (unpaired) electrons. The highest BCUT2D eigenvalue weighted by Gasteiger charge is 1.87. The fourth-order valence-corrected chi connectivity index (χ4v) is 1.38. The second-order valence-corrected chi connectivity index (χ2v) is 5.26. The van der Waals surface area contributed by atoms with E-state index < -0.39 is 0 Å². The van der Waals surface area contributed by atoms with Crippen LogP contribution in [0.1, 0.15) is 54.9 Å². The molecule has 0 heterocycles. The molecule has 0 saturated carbocycles. The van der Waals surface area contributed by atoms with Crippen molar-refractivity contribution >= 4 is 0 Å². The zero-order valence-corrected chi connectivity index (χ0v) is 14.9. The second-order valence-electron chi connectivity index (χ2n) is 5.26. The van der Waals surface area contributed by atoms with Gasteiger partial charge in [-0.3, -0.25) is 0 Å². The molecule has 0 fully saturated rings. The smallest absolute Gasteiger partial charge is 0.000970 e. The van der Waals surface area contributed by atoms with Gasteiger partial charge in [0.1, 0.15) is 0 Å². The van der Waals surface area contributed by atoms with E-state index in [0.29, 0.717) is 5.92 Å². The van der Waals surface area contributed by atoms with Crippen LogP contribution in [0.4, 0.5) is 0 Å². The molecule has 0 saturated heterocycles. The van der Waals surface area contributed by atoms with Gasteiger partial charge in [0.25, 0.3) is 0 Å². The van der Waals surface area contributed by atoms with E-state index in [1.54, 1.807) is 0 Å². The zero-order valence-electron chi connectivity index (χ0n) is 14.9. The van der Waals surface area contributed by atoms with Crippen LogP contribution >= 0.6 is 0 Å². The van der Waals surface area contributed by atoms with Crippen molar-refractivity contribution in [2.75, 3.05) is 20.6 Å². The highest BCUT2D eigenvalue weighted by Crippen LogP contribution is 2.05. The summed E-state index contributed by atoms with van der Waals surface area (Å²) in [6.07, 6.45) is 7.50. The van der Waals surface area contributed by atoms with Gasteiger partial charge in [0, 0.05) is 6.54 Å². The molecule has 0 aliphatic carbocycles. The van der Waals surface area contributed by atoms with Gasteiger partial charge < -0.3 is 4.90 Å². The maximum atomic E-state index is 3.61. The summed E-state index contributed by atoms with van der Waals surface area (Å²) >= 11 is 0. The third-order valence-electron chi connectivity index (χ3n) is 1.89. The third-order valence-corrected chi connectivity index (χ3v) is 1.89. The Morgan fingerprint density at radius 3 is 1.79 bits per heavy atom. The van der Waals surface area contributed by atoms with E-state index in [9.17, 15) is 0 Å². The lowest BCUT2D eigenvalue weighted by Gasteiger charge is -2.04. The van der Waals surface area contributed by atoms with Crippen LogP contribution in [0.2, 0.25) is 0 Å². The van der Waals surface area contributed by atoms with Gasteiger partial charge in [-0.25, -0.2) is 0 Å². The Morgan fingerprint density at radius 1 is 1.11 bits per heavy atom. The molecular weight excluding hydrogens is 230 g/mol. The molecule has 0 spiro atoms. The molecule has 0 aliphatic heterocycles. The Kier molecular flexibility index (Phi) is 21.1. The van der Waals surface area contributed by atoms with Gasteiger partial charge in [-0.15, -0.1) is 6.58 Å². The fourth-order valence-electron chi connectivity index (χ4n) is 1.38. The van der Waals surface area contributed by atoms with Crippen LogP contribution in [-0.4, -0.2) is 25.5 Å². The zero-order chi connectivity index (χ0) is 15.8. The Bertz CT molecular complexity index is 240. The highest BCUT2D eigenvalue weighted by molar-refractivity contribution is 5.19. The van der Waals surface area contributed by atoms with E-state index in [1.165, 1.54) is 11.1 Å². The molecule has 1 nitrogen and oxygen atoms in total. The normalized spacial score (nSPS) is 10.2. The van der Waals surface area contributed by atoms with Gasteiger partial charge in [-0.05, 0) is 47.2 Å². The quantitative estimate of drug-likeness (QED) is 0.456. The molecule has 19 heavy (non-hydrogen) atoms. The fraction of sp³-hybridized carbons (Fsp3) is 0.667. The summed E-state index contributed by atoms with van der Waals surface area (Å²) in [4.78, 5) is 2.14. The average Bonchev–Trinajstić information content (AvgIpc) is 2.27. The molecule has 0 atom stereocenters. The van der Waals surface area contributed by atoms with E-state index in [-0.39, 0.29) is 0 Å². The van der Waals surface area contributed by atoms with Crippen molar-refractivity contribution in [2.24, 2.45) is 5.92 Å². The first kappa shape index (κ1) is 23.3. The maximum Gasteiger partial charge on any atom is 0.000970 e. The minimum Gasteiger partial charge on any atom is -0.309 e. The first-order valence-electron chi connectivity index (χ1n) is 7.38. The Hall–Kier alpha value is -0.820. The second kappa shape index (κ2) is 17.2. The molecule has 114 valence electrons. The Labute approximate surface area is 123 Å². The lowest BCUT2D eigenvalue weighted by molar-refractivity contribution is 0.417. The van der Waals surface area contributed by atoms with E-state index in [1.807, 2.05) is 19.9 Å². The number of nitrogens with zero attached hydrogens (tertiary/aromatic N) is 1. The van der Waals surface area contributed by atoms with Crippen molar-refractivity contribution < 1.29 is 0 Å².